The Morgan fingerprint density at radius 2 is 1.96 bits per heavy atom. The molecule has 2 heterocycles. The van der Waals surface area contributed by atoms with Crippen molar-refractivity contribution in [2.24, 2.45) is 0 Å². The highest BCUT2D eigenvalue weighted by molar-refractivity contribution is 5.55. The number of hydrogen-bond donors (Lipinski definition) is 0. The van der Waals surface area contributed by atoms with Crippen molar-refractivity contribution in [1.29, 1.82) is 0 Å². The van der Waals surface area contributed by atoms with Crippen LogP contribution in [-0.2, 0) is 6.54 Å². The molecule has 0 spiro atoms. The second-order valence-electron chi connectivity index (χ2n) is 4.80. The van der Waals surface area contributed by atoms with Crippen molar-refractivity contribution in [2.45, 2.75) is 6.54 Å². The van der Waals surface area contributed by atoms with Gasteiger partial charge in [0, 0.05) is 24.0 Å². The molecule has 23 heavy (non-hydrogen) atoms. The molecule has 0 amide bonds. The molecule has 0 aliphatic heterocycles. The quantitative estimate of drug-likeness (QED) is 0.736. The van der Waals surface area contributed by atoms with Crippen LogP contribution in [0.2, 0.25) is 0 Å². The van der Waals surface area contributed by atoms with E-state index in [4.69, 9.17) is 4.74 Å². The average molecular weight is 312 g/mol. The fraction of sp³-hybridized carbons (Fsp3) is 0.125. The third-order valence-electron chi connectivity index (χ3n) is 3.19. The zero-order chi connectivity index (χ0) is 16.2. The largest absolute Gasteiger partial charge is 0.467 e. The Hall–Kier alpha value is -3.09. The van der Waals surface area contributed by atoms with Gasteiger partial charge < -0.3 is 4.74 Å². The molecule has 0 fully saturated rings. The van der Waals surface area contributed by atoms with Crippen LogP contribution in [-0.4, -0.2) is 26.9 Å². The van der Waals surface area contributed by atoms with E-state index in [-0.39, 0.29) is 23.9 Å². The van der Waals surface area contributed by atoms with Crippen LogP contribution in [0.5, 0.6) is 6.01 Å². The molecule has 0 saturated heterocycles. The summed E-state index contributed by atoms with van der Waals surface area (Å²) < 4.78 is 19.4. The number of nitrogens with zero attached hydrogens (tertiary/aromatic N) is 4. The van der Waals surface area contributed by atoms with Crippen molar-refractivity contribution in [3.63, 3.8) is 0 Å². The van der Waals surface area contributed by atoms with Crippen LogP contribution >= 0.6 is 0 Å². The van der Waals surface area contributed by atoms with E-state index in [0.717, 1.165) is 0 Å². The van der Waals surface area contributed by atoms with E-state index >= 15 is 0 Å². The first kappa shape index (κ1) is 14.8. The molecule has 7 heteroatoms. The van der Waals surface area contributed by atoms with Crippen LogP contribution in [0.4, 0.5) is 4.39 Å². The Kier molecular flexibility index (Phi) is 4.09. The predicted molar refractivity (Wildman–Crippen MR) is 81.6 cm³/mol. The maximum atomic E-state index is 13.2. The van der Waals surface area contributed by atoms with Gasteiger partial charge >= 0.3 is 6.01 Å². The van der Waals surface area contributed by atoms with Gasteiger partial charge in [0.25, 0.3) is 5.56 Å². The SMILES string of the molecule is COc1ncc(-c2ccc(=O)n(Cc3cccc(F)c3)n2)cn1. The number of rotatable bonds is 4. The van der Waals surface area contributed by atoms with E-state index in [1.807, 2.05) is 0 Å². The van der Waals surface area contributed by atoms with E-state index in [1.165, 1.54) is 30.0 Å². The van der Waals surface area contributed by atoms with Crippen molar-refractivity contribution in [1.82, 2.24) is 19.7 Å². The lowest BCUT2D eigenvalue weighted by Gasteiger charge is -2.07. The molecule has 0 aliphatic rings. The highest BCUT2D eigenvalue weighted by atomic mass is 19.1. The second kappa shape index (κ2) is 6.35. The van der Waals surface area contributed by atoms with Crippen molar-refractivity contribution in [3.05, 3.63) is 70.5 Å². The van der Waals surface area contributed by atoms with Crippen LogP contribution in [0, 0.1) is 5.82 Å². The molecule has 0 N–H and O–H groups in total. The summed E-state index contributed by atoms with van der Waals surface area (Å²) in [6, 6.07) is 9.31. The van der Waals surface area contributed by atoms with Gasteiger partial charge in [0.1, 0.15) is 5.82 Å². The summed E-state index contributed by atoms with van der Waals surface area (Å²) in [7, 11) is 1.48. The Bertz CT molecular complexity index is 878. The minimum Gasteiger partial charge on any atom is -0.467 e. The minimum atomic E-state index is -0.352. The number of aromatic nitrogens is 4. The summed E-state index contributed by atoms with van der Waals surface area (Å²) in [5.74, 6) is -0.352. The third-order valence-corrected chi connectivity index (χ3v) is 3.19. The summed E-state index contributed by atoms with van der Waals surface area (Å²) in [6.07, 6.45) is 3.12. The molecular weight excluding hydrogens is 299 g/mol. The molecule has 1 aromatic carbocycles. The lowest BCUT2D eigenvalue weighted by atomic mass is 10.2. The summed E-state index contributed by atoms with van der Waals surface area (Å²) in [6.45, 7) is 0.182. The fourth-order valence-corrected chi connectivity index (χ4v) is 2.08. The van der Waals surface area contributed by atoms with E-state index in [2.05, 4.69) is 15.1 Å². The summed E-state index contributed by atoms with van der Waals surface area (Å²) >= 11 is 0. The van der Waals surface area contributed by atoms with Gasteiger partial charge in [-0.25, -0.2) is 19.0 Å². The number of hydrogen-bond acceptors (Lipinski definition) is 5. The molecule has 0 bridgehead atoms. The van der Waals surface area contributed by atoms with Gasteiger partial charge in [0.15, 0.2) is 0 Å². The van der Waals surface area contributed by atoms with Crippen LogP contribution in [0.15, 0.2) is 53.6 Å². The number of ether oxygens (including phenoxy) is 1. The lowest BCUT2D eigenvalue weighted by Crippen LogP contribution is -2.22. The fourth-order valence-electron chi connectivity index (χ4n) is 2.08. The molecular formula is C16H13FN4O2. The molecule has 0 unspecified atom stereocenters. The standard InChI is InChI=1S/C16H13FN4O2/c1-23-16-18-8-12(9-19-16)14-5-6-15(22)21(20-14)10-11-3-2-4-13(17)7-11/h2-9H,10H2,1H3. The van der Waals surface area contributed by atoms with Crippen LogP contribution in [0.3, 0.4) is 0 Å². The zero-order valence-electron chi connectivity index (χ0n) is 12.3. The van der Waals surface area contributed by atoms with Gasteiger partial charge in [-0.1, -0.05) is 12.1 Å². The Labute approximate surface area is 131 Å². The molecule has 6 nitrogen and oxygen atoms in total. The van der Waals surface area contributed by atoms with Crippen LogP contribution in [0.25, 0.3) is 11.3 Å². The normalized spacial score (nSPS) is 10.5. The molecule has 0 atom stereocenters. The Morgan fingerprint density at radius 1 is 1.17 bits per heavy atom. The van der Waals surface area contributed by atoms with E-state index in [1.54, 1.807) is 30.6 Å². The van der Waals surface area contributed by atoms with Gasteiger partial charge in [-0.15, -0.1) is 0 Å². The van der Waals surface area contributed by atoms with Gasteiger partial charge in [-0.2, -0.15) is 5.10 Å². The number of benzene rings is 1. The van der Waals surface area contributed by atoms with Gasteiger partial charge in [0.2, 0.25) is 0 Å². The van der Waals surface area contributed by atoms with E-state index in [9.17, 15) is 9.18 Å². The molecule has 2 aromatic heterocycles. The Balaban J connectivity index is 1.93. The topological polar surface area (TPSA) is 69.9 Å². The highest BCUT2D eigenvalue weighted by Crippen LogP contribution is 2.14. The molecule has 116 valence electrons. The minimum absolute atomic E-state index is 0.182. The number of halogens is 1. The first-order valence-electron chi connectivity index (χ1n) is 6.85. The molecule has 3 rings (SSSR count). The molecule has 0 aliphatic carbocycles. The maximum Gasteiger partial charge on any atom is 0.316 e. The zero-order valence-corrected chi connectivity index (χ0v) is 12.3. The summed E-state index contributed by atoms with van der Waals surface area (Å²) in [4.78, 5) is 20.0. The first-order chi connectivity index (χ1) is 11.2. The molecule has 0 saturated carbocycles. The van der Waals surface area contributed by atoms with Crippen molar-refractivity contribution < 1.29 is 9.13 Å². The van der Waals surface area contributed by atoms with E-state index < -0.39 is 0 Å². The van der Waals surface area contributed by atoms with E-state index in [0.29, 0.717) is 16.8 Å². The van der Waals surface area contributed by atoms with Crippen LogP contribution in [0.1, 0.15) is 5.56 Å². The second-order valence-corrected chi connectivity index (χ2v) is 4.80. The van der Waals surface area contributed by atoms with Crippen molar-refractivity contribution in [3.8, 4) is 17.3 Å². The third kappa shape index (κ3) is 3.39. The average Bonchev–Trinajstić information content (AvgIpc) is 2.57. The molecule has 3 aromatic rings. The maximum absolute atomic E-state index is 13.2. The first-order valence-corrected chi connectivity index (χ1v) is 6.85. The summed E-state index contributed by atoms with van der Waals surface area (Å²) in [5.41, 5.74) is 1.58. The van der Waals surface area contributed by atoms with Crippen LogP contribution < -0.4 is 10.3 Å². The van der Waals surface area contributed by atoms with Crippen molar-refractivity contribution in [2.75, 3.05) is 7.11 Å². The number of methoxy groups -OCH3 is 1. The lowest BCUT2D eigenvalue weighted by molar-refractivity contribution is 0.380. The van der Waals surface area contributed by atoms with Gasteiger partial charge in [-0.05, 0) is 23.8 Å². The monoisotopic (exact) mass is 312 g/mol. The van der Waals surface area contributed by atoms with Gasteiger partial charge in [-0.3, -0.25) is 4.79 Å². The predicted octanol–water partition coefficient (Wildman–Crippen LogP) is 1.90. The Morgan fingerprint density at radius 3 is 2.65 bits per heavy atom. The molecule has 0 radical (unpaired) electrons. The highest BCUT2D eigenvalue weighted by Gasteiger charge is 2.06. The smallest absolute Gasteiger partial charge is 0.316 e. The summed E-state index contributed by atoms with van der Waals surface area (Å²) in [5, 5.41) is 4.28. The van der Waals surface area contributed by atoms with Crippen molar-refractivity contribution >= 4 is 0 Å². The van der Waals surface area contributed by atoms with Gasteiger partial charge in [0.05, 0.1) is 19.3 Å².